The van der Waals surface area contributed by atoms with Crippen molar-refractivity contribution in [2.24, 2.45) is 0 Å². The van der Waals surface area contributed by atoms with Crippen LogP contribution < -0.4 is 5.32 Å². The molecule has 0 spiro atoms. The van der Waals surface area contributed by atoms with Gasteiger partial charge in [-0.3, -0.25) is 10.1 Å². The van der Waals surface area contributed by atoms with Crippen LogP contribution in [0.1, 0.15) is 29.9 Å². The quantitative estimate of drug-likeness (QED) is 0.666. The van der Waals surface area contributed by atoms with Gasteiger partial charge in [-0.05, 0) is 30.7 Å². The Morgan fingerprint density at radius 1 is 1.35 bits per heavy atom. The van der Waals surface area contributed by atoms with E-state index in [4.69, 9.17) is 9.68 Å². The monoisotopic (exact) mass is 271 g/mol. The van der Waals surface area contributed by atoms with Crippen LogP contribution in [-0.2, 0) is 6.54 Å². The van der Waals surface area contributed by atoms with Crippen LogP contribution in [-0.4, -0.2) is 4.92 Å². The van der Waals surface area contributed by atoms with E-state index in [-0.39, 0.29) is 11.9 Å². The van der Waals surface area contributed by atoms with Gasteiger partial charge in [-0.25, -0.2) is 0 Å². The molecule has 2 aromatic rings. The Morgan fingerprint density at radius 2 is 2.05 bits per heavy atom. The number of nitrogens with zero attached hydrogens (tertiary/aromatic N) is 2. The van der Waals surface area contributed by atoms with Gasteiger partial charge in [0.15, 0.2) is 0 Å². The van der Waals surface area contributed by atoms with E-state index in [1.165, 1.54) is 6.07 Å². The first-order chi connectivity index (χ1) is 9.60. The number of rotatable bonds is 5. The predicted molar refractivity (Wildman–Crippen MR) is 71.8 cm³/mol. The van der Waals surface area contributed by atoms with Crippen LogP contribution in [0.3, 0.4) is 0 Å². The summed E-state index contributed by atoms with van der Waals surface area (Å²) in [5.74, 6) is 0.255. The lowest BCUT2D eigenvalue weighted by atomic mass is 10.1. The van der Waals surface area contributed by atoms with E-state index in [0.717, 1.165) is 5.56 Å². The van der Waals surface area contributed by atoms with Gasteiger partial charge in [-0.1, -0.05) is 12.1 Å². The van der Waals surface area contributed by atoms with Crippen molar-refractivity contribution in [1.82, 2.24) is 5.32 Å². The standard InChI is InChI=1S/C14H13N3O3/c1-10(12-4-2-11(8-15)3-5-12)16-9-13-6-7-14(20-13)17(18)19/h2-7,10,16H,9H2,1H3. The number of nitrogens with one attached hydrogen (secondary N) is 1. The Labute approximate surface area is 115 Å². The zero-order valence-electron chi connectivity index (χ0n) is 10.9. The summed E-state index contributed by atoms with van der Waals surface area (Å²) in [5, 5.41) is 22.4. The first-order valence-corrected chi connectivity index (χ1v) is 6.06. The highest BCUT2D eigenvalue weighted by Crippen LogP contribution is 2.17. The van der Waals surface area contributed by atoms with Gasteiger partial charge in [0.2, 0.25) is 0 Å². The summed E-state index contributed by atoms with van der Waals surface area (Å²) in [4.78, 5) is 9.94. The molecule has 1 atom stereocenters. The Morgan fingerprint density at radius 3 is 2.60 bits per heavy atom. The molecule has 1 N–H and O–H groups in total. The van der Waals surface area contributed by atoms with Crippen LogP contribution in [0.4, 0.5) is 5.88 Å². The van der Waals surface area contributed by atoms with Crippen molar-refractivity contribution in [3.8, 4) is 6.07 Å². The second kappa shape index (κ2) is 5.99. The summed E-state index contributed by atoms with van der Waals surface area (Å²) < 4.78 is 5.06. The van der Waals surface area contributed by atoms with Crippen molar-refractivity contribution in [2.75, 3.05) is 0 Å². The molecule has 0 aliphatic heterocycles. The lowest BCUT2D eigenvalue weighted by Crippen LogP contribution is -2.17. The molecular weight excluding hydrogens is 258 g/mol. The van der Waals surface area contributed by atoms with Gasteiger partial charge in [0.25, 0.3) is 0 Å². The lowest BCUT2D eigenvalue weighted by Gasteiger charge is -2.13. The van der Waals surface area contributed by atoms with E-state index >= 15 is 0 Å². The molecule has 2 rings (SSSR count). The van der Waals surface area contributed by atoms with Crippen LogP contribution in [0.2, 0.25) is 0 Å². The molecule has 1 heterocycles. The highest BCUT2D eigenvalue weighted by atomic mass is 16.6. The summed E-state index contributed by atoms with van der Waals surface area (Å²) in [6.45, 7) is 2.37. The second-order valence-corrected chi connectivity index (χ2v) is 4.33. The molecule has 0 aliphatic rings. The van der Waals surface area contributed by atoms with E-state index in [0.29, 0.717) is 17.9 Å². The Balaban J connectivity index is 1.95. The van der Waals surface area contributed by atoms with E-state index in [9.17, 15) is 10.1 Å². The van der Waals surface area contributed by atoms with Crippen molar-refractivity contribution in [3.63, 3.8) is 0 Å². The molecular formula is C14H13N3O3. The molecule has 102 valence electrons. The molecule has 0 saturated carbocycles. The van der Waals surface area contributed by atoms with Gasteiger partial charge in [0, 0.05) is 6.04 Å². The first kappa shape index (κ1) is 13.8. The minimum Gasteiger partial charge on any atom is -0.404 e. The molecule has 0 amide bonds. The number of hydrogen-bond acceptors (Lipinski definition) is 5. The summed E-state index contributed by atoms with van der Waals surface area (Å²) in [7, 11) is 0. The van der Waals surface area contributed by atoms with Crippen molar-refractivity contribution in [1.29, 1.82) is 5.26 Å². The van der Waals surface area contributed by atoms with Crippen molar-refractivity contribution < 1.29 is 9.34 Å². The highest BCUT2D eigenvalue weighted by molar-refractivity contribution is 5.32. The first-order valence-electron chi connectivity index (χ1n) is 6.06. The van der Waals surface area contributed by atoms with Gasteiger partial charge in [0.1, 0.15) is 10.7 Å². The van der Waals surface area contributed by atoms with E-state index in [2.05, 4.69) is 11.4 Å². The normalized spacial score (nSPS) is 11.8. The maximum Gasteiger partial charge on any atom is 0.433 e. The van der Waals surface area contributed by atoms with Crippen molar-refractivity contribution in [3.05, 3.63) is 63.4 Å². The van der Waals surface area contributed by atoms with Crippen LogP contribution in [0.15, 0.2) is 40.8 Å². The molecule has 1 aromatic carbocycles. The third-order valence-corrected chi connectivity index (χ3v) is 2.95. The highest BCUT2D eigenvalue weighted by Gasteiger charge is 2.12. The van der Waals surface area contributed by atoms with Crippen molar-refractivity contribution in [2.45, 2.75) is 19.5 Å². The van der Waals surface area contributed by atoms with Gasteiger partial charge in [0.05, 0.1) is 24.2 Å². The maximum atomic E-state index is 10.5. The molecule has 1 unspecified atom stereocenters. The molecule has 0 radical (unpaired) electrons. The van der Waals surface area contributed by atoms with Gasteiger partial charge in [-0.2, -0.15) is 5.26 Å². The average molecular weight is 271 g/mol. The van der Waals surface area contributed by atoms with Crippen LogP contribution >= 0.6 is 0 Å². The Kier molecular flexibility index (Phi) is 4.13. The van der Waals surface area contributed by atoms with Gasteiger partial charge >= 0.3 is 5.88 Å². The molecule has 6 nitrogen and oxygen atoms in total. The lowest BCUT2D eigenvalue weighted by molar-refractivity contribution is -0.402. The third kappa shape index (κ3) is 3.22. The maximum absolute atomic E-state index is 10.5. The van der Waals surface area contributed by atoms with E-state index < -0.39 is 4.92 Å². The summed E-state index contributed by atoms with van der Waals surface area (Å²) in [5.41, 5.74) is 1.65. The molecule has 0 bridgehead atoms. The van der Waals surface area contributed by atoms with Gasteiger partial charge < -0.3 is 9.73 Å². The Hall–Kier alpha value is -2.65. The number of nitriles is 1. The minimum atomic E-state index is -0.562. The summed E-state index contributed by atoms with van der Waals surface area (Å²) in [6, 6.07) is 12.3. The fourth-order valence-corrected chi connectivity index (χ4v) is 1.78. The number of hydrogen-bond donors (Lipinski definition) is 1. The van der Waals surface area contributed by atoms with Crippen LogP contribution in [0, 0.1) is 21.4 Å². The fourth-order valence-electron chi connectivity index (χ4n) is 1.78. The number of benzene rings is 1. The molecule has 0 fully saturated rings. The molecule has 1 aromatic heterocycles. The topological polar surface area (TPSA) is 92.1 Å². The largest absolute Gasteiger partial charge is 0.433 e. The summed E-state index contributed by atoms with van der Waals surface area (Å²) >= 11 is 0. The zero-order chi connectivity index (χ0) is 14.5. The average Bonchev–Trinajstić information content (AvgIpc) is 2.94. The number of nitro groups is 1. The SMILES string of the molecule is CC(NCc1ccc([N+](=O)[O-])o1)c1ccc(C#N)cc1. The minimum absolute atomic E-state index is 0.0481. The van der Waals surface area contributed by atoms with E-state index in [1.54, 1.807) is 18.2 Å². The zero-order valence-corrected chi connectivity index (χ0v) is 10.9. The molecule has 20 heavy (non-hydrogen) atoms. The third-order valence-electron chi connectivity index (χ3n) is 2.95. The van der Waals surface area contributed by atoms with Gasteiger partial charge in [-0.15, -0.1) is 0 Å². The second-order valence-electron chi connectivity index (χ2n) is 4.33. The van der Waals surface area contributed by atoms with Crippen LogP contribution in [0.5, 0.6) is 0 Å². The van der Waals surface area contributed by atoms with Crippen LogP contribution in [0.25, 0.3) is 0 Å². The summed E-state index contributed by atoms with van der Waals surface area (Å²) in [6.07, 6.45) is 0. The number of furan rings is 1. The Bertz CT molecular complexity index is 640. The molecule has 0 aliphatic carbocycles. The fraction of sp³-hybridized carbons (Fsp3) is 0.214. The van der Waals surface area contributed by atoms with Crippen molar-refractivity contribution >= 4 is 5.88 Å². The molecule has 6 heteroatoms. The smallest absolute Gasteiger partial charge is 0.404 e. The van der Waals surface area contributed by atoms with E-state index in [1.807, 2.05) is 19.1 Å². The predicted octanol–water partition coefficient (Wildman–Crippen LogP) is 2.91. The molecule has 0 saturated heterocycles.